The lowest BCUT2D eigenvalue weighted by Crippen LogP contribution is -2.33. The van der Waals surface area contributed by atoms with Crippen molar-refractivity contribution in [3.05, 3.63) is 206 Å². The summed E-state index contributed by atoms with van der Waals surface area (Å²) in [4.78, 5) is 66.6. The first-order valence-corrected chi connectivity index (χ1v) is 26.0. The highest BCUT2D eigenvalue weighted by atomic mass is 19.2. The van der Waals surface area contributed by atoms with Gasteiger partial charge in [-0.1, -0.05) is 70.4 Å². The van der Waals surface area contributed by atoms with E-state index in [-0.39, 0.29) is 42.8 Å². The van der Waals surface area contributed by atoms with E-state index in [0.717, 1.165) is 106 Å². The molecule has 420 valence electrons. The summed E-state index contributed by atoms with van der Waals surface area (Å²) >= 11 is 0. The molecule has 0 aliphatic heterocycles. The molecule has 4 aromatic heterocycles. The molecule has 8 aromatic rings. The molecule has 8 rings (SSSR count). The quantitative estimate of drug-likeness (QED) is 0.0388. The molecular weight excluding hydrogens is 1040 g/mol. The zero-order valence-corrected chi connectivity index (χ0v) is 45.5. The topological polar surface area (TPSA) is 194 Å². The Morgan fingerprint density at radius 3 is 1.84 bits per heavy atom. The first kappa shape index (κ1) is 61.0. The van der Waals surface area contributed by atoms with E-state index in [4.69, 9.17) is 14.6 Å². The molecule has 2 amide bonds. The minimum Gasteiger partial charge on any atom is -0.493 e. The van der Waals surface area contributed by atoms with Crippen molar-refractivity contribution >= 4 is 33.6 Å². The predicted molar refractivity (Wildman–Crippen MR) is 303 cm³/mol. The monoisotopic (exact) mass is 1110 g/mol. The molecular formula is C62H62F4N8O7. The number of ether oxygens (including phenoxy) is 2. The summed E-state index contributed by atoms with van der Waals surface area (Å²) in [6.45, 7) is 14.8. The fourth-order valence-electron chi connectivity index (χ4n) is 7.66. The van der Waals surface area contributed by atoms with Gasteiger partial charge in [0.1, 0.15) is 22.6 Å². The van der Waals surface area contributed by atoms with Crippen molar-refractivity contribution in [2.45, 2.75) is 54.0 Å². The van der Waals surface area contributed by atoms with E-state index < -0.39 is 46.2 Å². The minimum absolute atomic E-state index is 0.00384. The lowest BCUT2D eigenvalue weighted by Gasteiger charge is -2.19. The van der Waals surface area contributed by atoms with E-state index in [1.165, 1.54) is 30.7 Å². The number of aliphatic hydroxyl groups is 1. The average molecular weight is 1110 g/mol. The van der Waals surface area contributed by atoms with E-state index in [9.17, 15) is 36.7 Å². The molecule has 0 saturated heterocycles. The molecule has 0 spiro atoms. The highest BCUT2D eigenvalue weighted by molar-refractivity contribution is 5.94. The number of carbonyl (C=O) groups excluding carboxylic acids is 2. The molecule has 4 N–H and O–H groups in total. The van der Waals surface area contributed by atoms with Crippen LogP contribution in [0.25, 0.3) is 21.8 Å². The van der Waals surface area contributed by atoms with E-state index in [0.29, 0.717) is 30.8 Å². The highest BCUT2D eigenvalue weighted by Crippen LogP contribution is 2.27. The number of aromatic nitrogens is 5. The normalized spacial score (nSPS) is 10.8. The lowest BCUT2D eigenvalue weighted by molar-refractivity contribution is 0.0948. The number of pyridine rings is 3. The number of nitrogens with zero attached hydrogens (tertiary/aromatic N) is 5. The van der Waals surface area contributed by atoms with Crippen LogP contribution in [0, 0.1) is 52.4 Å². The summed E-state index contributed by atoms with van der Waals surface area (Å²) in [7, 11) is 0. The van der Waals surface area contributed by atoms with Crippen molar-refractivity contribution in [2.75, 3.05) is 52.5 Å². The van der Waals surface area contributed by atoms with Gasteiger partial charge in [0.05, 0.1) is 50.2 Å². The molecule has 0 radical (unpaired) electrons. The van der Waals surface area contributed by atoms with Crippen LogP contribution in [0.2, 0.25) is 0 Å². The predicted octanol–water partition coefficient (Wildman–Crippen LogP) is 8.64. The Balaban J connectivity index is 0.000000228. The van der Waals surface area contributed by atoms with Gasteiger partial charge in [0, 0.05) is 59.8 Å². The molecule has 0 atom stereocenters. The van der Waals surface area contributed by atoms with Crippen LogP contribution < -0.4 is 31.2 Å². The zero-order chi connectivity index (χ0) is 58.3. The van der Waals surface area contributed by atoms with Crippen LogP contribution in [0.3, 0.4) is 0 Å². The number of benzene rings is 4. The molecule has 4 heterocycles. The van der Waals surface area contributed by atoms with Crippen molar-refractivity contribution in [3.8, 4) is 35.2 Å². The van der Waals surface area contributed by atoms with Crippen molar-refractivity contribution in [2.24, 2.45) is 5.41 Å². The maximum Gasteiger partial charge on any atom is 0.266 e. The molecule has 4 aromatic carbocycles. The maximum atomic E-state index is 13.5. The van der Waals surface area contributed by atoms with Crippen LogP contribution in [-0.4, -0.2) is 98.9 Å². The summed E-state index contributed by atoms with van der Waals surface area (Å²) in [6.07, 6.45) is 8.59. The average Bonchev–Trinajstić information content (AvgIpc) is 3.47. The lowest BCUT2D eigenvalue weighted by atomic mass is 9.98. The van der Waals surface area contributed by atoms with Crippen LogP contribution in [0.1, 0.15) is 84.0 Å². The maximum absolute atomic E-state index is 13.5. The van der Waals surface area contributed by atoms with Crippen LogP contribution >= 0.6 is 0 Å². The number of H-pyrrole nitrogens is 1. The number of hydrogen-bond acceptors (Lipinski definition) is 11. The second-order valence-corrected chi connectivity index (χ2v) is 19.3. The summed E-state index contributed by atoms with van der Waals surface area (Å²) in [5.74, 6) is 8.53. The minimum atomic E-state index is -1.02. The number of aromatic amines is 1. The Morgan fingerprint density at radius 1 is 0.716 bits per heavy atom. The standard InChI is InChI=1S/C31H31F2N5O3.C23H23N3O3.C8H8F2O/c1-3-37(4-2)15-6-16-41-29-12-14-35-28-11-9-22(17-24(28)29)7-5-13-36-30(39)25-19-34-21-38(31(25)40)20-23-8-10-26(32)27(33)18-23;1-23(2,3)15-29-20-10-13-24-19-9-8-16(14-18(19)20)6-4-11-25-21(27)17-7-5-12-26-22(17)28;9-7-2-1-6(3-4-11)5-8(7)10/h8-12,14,17-19,21H,3-4,6,13,15-16,20H2,1-2H3,(H,36,39);5,7-10,12-14H,11,15H2,1-3H3,(H,25,27)(H,26,28);1-2,5,11H,3-4H2. The van der Waals surface area contributed by atoms with Gasteiger partial charge in [-0.05, 0) is 127 Å². The Labute approximate surface area is 466 Å². The number of nitrogens with one attached hydrogen (secondary N) is 3. The molecule has 0 unspecified atom stereocenters. The molecule has 15 nitrogen and oxygen atoms in total. The SMILES string of the molecule is CC(C)(C)COc1ccnc2ccc(C#CCNC(=O)c3ccc[nH]c3=O)cc12.CCN(CC)CCCOc1ccnc2ccc(C#CCNC(=O)c3cncn(Cc4ccc(F)c(F)c4)c3=O)cc12.OCCc1ccc(F)c(F)c1. The van der Waals surface area contributed by atoms with Crippen LogP contribution in [-0.2, 0) is 13.0 Å². The number of rotatable bonds is 17. The van der Waals surface area contributed by atoms with Gasteiger partial charge < -0.3 is 35.1 Å². The third-order valence-electron chi connectivity index (χ3n) is 11.9. The molecule has 0 aliphatic rings. The first-order valence-electron chi connectivity index (χ1n) is 26.0. The summed E-state index contributed by atoms with van der Waals surface area (Å²) in [5, 5.41) is 15.4. The largest absolute Gasteiger partial charge is 0.493 e. The van der Waals surface area contributed by atoms with Gasteiger partial charge in [0.25, 0.3) is 22.9 Å². The number of amides is 2. The molecule has 0 aliphatic carbocycles. The van der Waals surface area contributed by atoms with Crippen molar-refractivity contribution in [1.82, 2.24) is 40.0 Å². The van der Waals surface area contributed by atoms with Crippen molar-refractivity contribution in [1.29, 1.82) is 0 Å². The van der Waals surface area contributed by atoms with Gasteiger partial charge in [0.2, 0.25) is 0 Å². The van der Waals surface area contributed by atoms with Crippen LogP contribution in [0.4, 0.5) is 17.6 Å². The highest BCUT2D eigenvalue weighted by Gasteiger charge is 2.15. The van der Waals surface area contributed by atoms with E-state index >= 15 is 0 Å². The first-order chi connectivity index (χ1) is 39.0. The van der Waals surface area contributed by atoms with Gasteiger partial charge in [-0.3, -0.25) is 33.7 Å². The van der Waals surface area contributed by atoms with Crippen molar-refractivity contribution in [3.63, 3.8) is 0 Å². The molecule has 81 heavy (non-hydrogen) atoms. The summed E-state index contributed by atoms with van der Waals surface area (Å²) in [5.41, 5.74) is 2.99. The second-order valence-electron chi connectivity index (χ2n) is 19.3. The van der Waals surface area contributed by atoms with Crippen molar-refractivity contribution < 1.29 is 41.7 Å². The van der Waals surface area contributed by atoms with Gasteiger partial charge in [-0.25, -0.2) is 22.5 Å². The third-order valence-corrected chi connectivity index (χ3v) is 11.9. The molecule has 0 bridgehead atoms. The molecule has 0 fully saturated rings. The van der Waals surface area contributed by atoms with Crippen LogP contribution in [0.5, 0.6) is 11.5 Å². The third kappa shape index (κ3) is 18.7. The second kappa shape index (κ2) is 30.3. The zero-order valence-electron chi connectivity index (χ0n) is 45.5. The summed E-state index contributed by atoms with van der Waals surface area (Å²) in [6, 6.07) is 25.0. The Bertz CT molecular complexity index is 3710. The molecule has 19 heteroatoms. The molecule has 0 saturated carbocycles. The van der Waals surface area contributed by atoms with E-state index in [2.05, 4.69) is 93.8 Å². The van der Waals surface area contributed by atoms with Gasteiger partial charge in [-0.15, -0.1) is 0 Å². The van der Waals surface area contributed by atoms with E-state index in [1.807, 2.05) is 48.5 Å². The number of halogens is 4. The number of hydrogen-bond donors (Lipinski definition) is 4. The Kier molecular flexibility index (Phi) is 22.8. The van der Waals surface area contributed by atoms with Crippen LogP contribution in [0.15, 0.2) is 138 Å². The van der Waals surface area contributed by atoms with Gasteiger partial charge >= 0.3 is 0 Å². The van der Waals surface area contributed by atoms with Gasteiger partial charge in [-0.2, -0.15) is 0 Å². The number of aliphatic hydroxyl groups excluding tert-OH is 1. The fraction of sp³-hybridized carbons (Fsp3) is 0.274. The number of fused-ring (bicyclic) bond motifs is 2. The van der Waals surface area contributed by atoms with E-state index in [1.54, 1.807) is 18.5 Å². The Morgan fingerprint density at radius 2 is 1.28 bits per heavy atom. The summed E-state index contributed by atoms with van der Waals surface area (Å²) < 4.78 is 64.6. The van der Waals surface area contributed by atoms with Gasteiger partial charge in [0.15, 0.2) is 23.3 Å². The Hall–Kier alpha value is -9.17. The number of carbonyl (C=O) groups is 2. The fourth-order valence-corrected chi connectivity index (χ4v) is 7.66. The smallest absolute Gasteiger partial charge is 0.266 e.